The van der Waals surface area contributed by atoms with Crippen molar-refractivity contribution < 1.29 is 31.1 Å². The minimum Gasteiger partial charge on any atom is -0.372 e. The fraction of sp³-hybridized carbons (Fsp3) is 0.160. The maximum atomic E-state index is 14.7. The summed E-state index contributed by atoms with van der Waals surface area (Å²) in [5, 5.41) is 16.0. The normalized spacial score (nSPS) is 14.2. The molecule has 0 bridgehead atoms. The number of anilines is 1. The van der Waals surface area contributed by atoms with Gasteiger partial charge in [0, 0.05) is 29.6 Å². The molecule has 0 saturated heterocycles. The van der Waals surface area contributed by atoms with Gasteiger partial charge in [0.15, 0.2) is 0 Å². The Morgan fingerprint density at radius 2 is 1.73 bits per heavy atom. The van der Waals surface area contributed by atoms with Gasteiger partial charge in [-0.2, -0.15) is 18.3 Å². The molecule has 1 unspecified atom stereocenters. The number of fused-ring (bicyclic) bond motifs is 2. The number of aryl methyl sites for hydroxylation is 1. The largest absolute Gasteiger partial charge is 0.425 e. The fourth-order valence-corrected chi connectivity index (χ4v) is 5.12. The highest BCUT2D eigenvalue weighted by Gasteiger charge is 2.57. The molecule has 0 aliphatic heterocycles. The quantitative estimate of drug-likeness (QED) is 0.318. The summed E-state index contributed by atoms with van der Waals surface area (Å²) in [7, 11) is -2.25. The summed E-state index contributed by atoms with van der Waals surface area (Å²) in [4.78, 5) is 0. The van der Waals surface area contributed by atoms with Crippen molar-refractivity contribution >= 4 is 37.5 Å². The van der Waals surface area contributed by atoms with Crippen LogP contribution in [-0.4, -0.2) is 40.3 Å². The molecule has 0 radical (unpaired) electrons. The van der Waals surface area contributed by atoms with Crippen molar-refractivity contribution in [1.82, 2.24) is 14.3 Å². The molecular weight excluding hydrogens is 512 g/mol. The lowest BCUT2D eigenvalue weighted by atomic mass is 9.85. The van der Waals surface area contributed by atoms with Gasteiger partial charge in [0.25, 0.3) is 0 Å². The fourth-order valence-electron chi connectivity index (χ4n) is 4.56. The number of rotatable bonds is 5. The number of benzene rings is 3. The molecule has 0 spiro atoms. The summed E-state index contributed by atoms with van der Waals surface area (Å²) in [6, 6.07) is 13.4. The molecule has 5 rings (SSSR count). The zero-order valence-electron chi connectivity index (χ0n) is 19.5. The Morgan fingerprint density at radius 3 is 2.38 bits per heavy atom. The lowest BCUT2D eigenvalue weighted by Gasteiger charge is -2.31. The van der Waals surface area contributed by atoms with Gasteiger partial charge >= 0.3 is 6.18 Å². The lowest BCUT2D eigenvalue weighted by molar-refractivity contribution is -0.247. The molecule has 0 fully saturated rings. The molecule has 0 amide bonds. The first-order chi connectivity index (χ1) is 17.3. The van der Waals surface area contributed by atoms with E-state index in [9.17, 15) is 31.1 Å². The Bertz CT molecular complexity index is 1760. The third kappa shape index (κ3) is 4.11. The van der Waals surface area contributed by atoms with Gasteiger partial charge in [-0.1, -0.05) is 18.2 Å². The predicted molar refractivity (Wildman–Crippen MR) is 131 cm³/mol. The van der Waals surface area contributed by atoms with Crippen LogP contribution in [0.3, 0.4) is 0 Å². The summed E-state index contributed by atoms with van der Waals surface area (Å²) in [6.45, 7) is 0. The van der Waals surface area contributed by atoms with E-state index in [-0.39, 0.29) is 16.6 Å². The standard InChI is InChI=1S/C25H20F4N4O3S/c1-32-14-20(19-4-3-5-21(23(19)32)31-37(2,35)36)24(34,25(27,28)29)16-6-11-22-15(12-16)13-30-33(22)18-9-7-17(26)8-10-18/h3-14,31,34H,1-2H3. The van der Waals surface area contributed by atoms with Crippen molar-refractivity contribution in [1.29, 1.82) is 0 Å². The van der Waals surface area contributed by atoms with Crippen LogP contribution in [-0.2, 0) is 22.7 Å². The van der Waals surface area contributed by atoms with Gasteiger partial charge in [0.1, 0.15) is 5.82 Å². The third-order valence-corrected chi connectivity index (χ3v) is 6.74. The van der Waals surface area contributed by atoms with Crippen LogP contribution in [0, 0.1) is 5.82 Å². The van der Waals surface area contributed by atoms with Crippen molar-refractivity contribution in [2.24, 2.45) is 7.05 Å². The van der Waals surface area contributed by atoms with E-state index in [1.165, 1.54) is 77.1 Å². The van der Waals surface area contributed by atoms with Crippen LogP contribution in [0.25, 0.3) is 27.5 Å². The van der Waals surface area contributed by atoms with Crippen molar-refractivity contribution in [2.75, 3.05) is 11.0 Å². The lowest BCUT2D eigenvalue weighted by Crippen LogP contribution is -2.43. The monoisotopic (exact) mass is 532 g/mol. The number of nitrogens with one attached hydrogen (secondary N) is 1. The molecule has 2 heterocycles. The first kappa shape index (κ1) is 24.8. The summed E-state index contributed by atoms with van der Waals surface area (Å²) in [5.74, 6) is -0.442. The second-order valence-corrected chi connectivity index (χ2v) is 10.5. The molecule has 37 heavy (non-hydrogen) atoms. The maximum Gasteiger partial charge on any atom is 0.425 e. The SMILES string of the molecule is Cn1cc(C(O)(c2ccc3c(cnn3-c3ccc(F)cc3)c2)C(F)(F)F)c2cccc(NS(C)(=O)=O)c21. The van der Waals surface area contributed by atoms with Crippen molar-refractivity contribution in [3.05, 3.63) is 90.0 Å². The molecule has 0 aliphatic carbocycles. The van der Waals surface area contributed by atoms with Gasteiger partial charge in [-0.05, 0) is 48.0 Å². The maximum absolute atomic E-state index is 14.7. The van der Waals surface area contributed by atoms with Crippen LogP contribution in [0.5, 0.6) is 0 Å². The van der Waals surface area contributed by atoms with Gasteiger partial charge < -0.3 is 9.67 Å². The number of aromatic nitrogens is 3. The van der Waals surface area contributed by atoms with Crippen LogP contribution >= 0.6 is 0 Å². The van der Waals surface area contributed by atoms with Crippen LogP contribution in [0.15, 0.2) is 73.1 Å². The Hall–Kier alpha value is -3.90. The van der Waals surface area contributed by atoms with E-state index in [4.69, 9.17) is 0 Å². The van der Waals surface area contributed by atoms with Gasteiger partial charge in [0.05, 0.1) is 34.9 Å². The molecule has 5 aromatic rings. The van der Waals surface area contributed by atoms with E-state index in [0.29, 0.717) is 16.6 Å². The molecule has 2 aromatic heterocycles. The highest BCUT2D eigenvalue weighted by molar-refractivity contribution is 7.92. The second kappa shape index (κ2) is 8.32. The van der Waals surface area contributed by atoms with Crippen molar-refractivity contribution in [2.45, 2.75) is 11.8 Å². The Labute approximate surface area is 208 Å². The highest BCUT2D eigenvalue weighted by Crippen LogP contribution is 2.48. The number of aliphatic hydroxyl groups is 1. The van der Waals surface area contributed by atoms with E-state index in [1.54, 1.807) is 0 Å². The smallest absolute Gasteiger partial charge is 0.372 e. The van der Waals surface area contributed by atoms with Crippen LogP contribution < -0.4 is 4.72 Å². The molecule has 7 nitrogen and oxygen atoms in total. The average molecular weight is 533 g/mol. The molecule has 3 aromatic carbocycles. The molecule has 0 saturated carbocycles. The van der Waals surface area contributed by atoms with E-state index in [2.05, 4.69) is 9.82 Å². The van der Waals surface area contributed by atoms with Crippen molar-refractivity contribution in [3.8, 4) is 5.69 Å². The molecule has 1 atom stereocenters. The summed E-state index contributed by atoms with van der Waals surface area (Å²) in [6.07, 6.45) is -1.71. The van der Waals surface area contributed by atoms with Crippen molar-refractivity contribution in [3.63, 3.8) is 0 Å². The zero-order valence-corrected chi connectivity index (χ0v) is 20.3. The Balaban J connectivity index is 1.71. The predicted octanol–water partition coefficient (Wildman–Crippen LogP) is 4.83. The van der Waals surface area contributed by atoms with E-state index in [0.717, 1.165) is 18.5 Å². The van der Waals surface area contributed by atoms with Gasteiger partial charge in [-0.15, -0.1) is 0 Å². The number of halogens is 4. The number of hydrogen-bond acceptors (Lipinski definition) is 4. The van der Waals surface area contributed by atoms with Gasteiger partial charge in [-0.25, -0.2) is 17.5 Å². The Morgan fingerprint density at radius 1 is 1.03 bits per heavy atom. The molecular formula is C25H20F4N4O3S. The number of sulfonamides is 1. The first-order valence-corrected chi connectivity index (χ1v) is 12.8. The molecule has 0 aliphatic rings. The summed E-state index contributed by atoms with van der Waals surface area (Å²) in [5.41, 5.74) is -3.11. The van der Waals surface area contributed by atoms with Crippen LogP contribution in [0.2, 0.25) is 0 Å². The molecule has 12 heteroatoms. The minimum absolute atomic E-state index is 0.0260. The van der Waals surface area contributed by atoms with E-state index >= 15 is 0 Å². The Kier molecular flexibility index (Phi) is 5.57. The van der Waals surface area contributed by atoms with Crippen LogP contribution in [0.4, 0.5) is 23.2 Å². The minimum atomic E-state index is -5.14. The van der Waals surface area contributed by atoms with Gasteiger partial charge in [-0.3, -0.25) is 4.72 Å². The number of para-hydroxylation sites is 1. The summed E-state index contributed by atoms with van der Waals surface area (Å²) >= 11 is 0. The highest BCUT2D eigenvalue weighted by atomic mass is 32.2. The summed E-state index contributed by atoms with van der Waals surface area (Å²) < 4.78 is 86.0. The van der Waals surface area contributed by atoms with E-state index < -0.39 is 38.7 Å². The number of hydrogen-bond donors (Lipinski definition) is 2. The topological polar surface area (TPSA) is 89.2 Å². The average Bonchev–Trinajstić information content (AvgIpc) is 3.39. The molecule has 192 valence electrons. The number of nitrogens with zero attached hydrogens (tertiary/aromatic N) is 3. The van der Waals surface area contributed by atoms with Gasteiger partial charge in [0.2, 0.25) is 15.6 Å². The third-order valence-electron chi connectivity index (χ3n) is 6.15. The number of alkyl halides is 3. The molecule has 2 N–H and O–H groups in total. The zero-order chi connectivity index (χ0) is 26.8. The van der Waals surface area contributed by atoms with Crippen LogP contribution in [0.1, 0.15) is 11.1 Å². The van der Waals surface area contributed by atoms with E-state index in [1.807, 2.05) is 0 Å². The first-order valence-electron chi connectivity index (χ1n) is 10.9. The second-order valence-electron chi connectivity index (χ2n) is 8.74.